The summed E-state index contributed by atoms with van der Waals surface area (Å²) >= 11 is 0. The van der Waals surface area contributed by atoms with E-state index in [2.05, 4.69) is 47.6 Å². The highest BCUT2D eigenvalue weighted by Crippen LogP contribution is 2.43. The van der Waals surface area contributed by atoms with Crippen molar-refractivity contribution in [3.8, 4) is 0 Å². The van der Waals surface area contributed by atoms with Crippen LogP contribution in [0.15, 0.2) is 23.5 Å². The van der Waals surface area contributed by atoms with E-state index in [0.29, 0.717) is 11.7 Å². The van der Waals surface area contributed by atoms with E-state index in [1.165, 1.54) is 5.57 Å². The Morgan fingerprint density at radius 2 is 1.59 bits per heavy atom. The minimum Gasteiger partial charge on any atom is -0.508 e. The van der Waals surface area contributed by atoms with Crippen molar-refractivity contribution < 1.29 is 5.11 Å². The third-order valence-electron chi connectivity index (χ3n) is 3.40. The van der Waals surface area contributed by atoms with Gasteiger partial charge < -0.3 is 5.11 Å². The van der Waals surface area contributed by atoms with Crippen LogP contribution in [0.5, 0.6) is 0 Å². The topological polar surface area (TPSA) is 20.2 Å². The number of aliphatic hydroxyl groups is 1. The van der Waals surface area contributed by atoms with Gasteiger partial charge in [0.05, 0.1) is 0 Å². The van der Waals surface area contributed by atoms with Crippen molar-refractivity contribution in [1.29, 1.82) is 0 Å². The molecule has 1 nitrogen and oxygen atoms in total. The number of hydrogen-bond acceptors (Lipinski definition) is 1. The Bertz CT molecular complexity index is 320. The summed E-state index contributed by atoms with van der Waals surface area (Å²) in [4.78, 5) is 0. The molecule has 1 heteroatoms. The number of allylic oxidation sites excluding steroid dienone is 3. The molecule has 1 aliphatic rings. The van der Waals surface area contributed by atoms with E-state index in [9.17, 15) is 5.11 Å². The van der Waals surface area contributed by atoms with E-state index in [1.54, 1.807) is 0 Å². The molecule has 1 atom stereocenters. The summed E-state index contributed by atoms with van der Waals surface area (Å²) in [5.41, 5.74) is 1.65. The van der Waals surface area contributed by atoms with Gasteiger partial charge in [-0.15, -0.1) is 0 Å². The zero-order valence-corrected chi connectivity index (χ0v) is 12.3. The van der Waals surface area contributed by atoms with Crippen LogP contribution >= 0.6 is 0 Å². The molecule has 0 aromatic carbocycles. The largest absolute Gasteiger partial charge is 0.508 e. The van der Waals surface area contributed by atoms with Crippen LogP contribution in [-0.2, 0) is 0 Å². The molecule has 0 fully saturated rings. The van der Waals surface area contributed by atoms with Gasteiger partial charge in [-0.3, -0.25) is 0 Å². The zero-order chi connectivity index (χ0) is 13.3. The molecule has 0 amide bonds. The van der Waals surface area contributed by atoms with Gasteiger partial charge in [-0.2, -0.15) is 0 Å². The molecular formula is C16H28O. The van der Waals surface area contributed by atoms with Crippen LogP contribution < -0.4 is 0 Å². The molecule has 1 rings (SSSR count). The number of hydrogen-bond donors (Lipinski definition) is 1. The molecule has 0 aromatic rings. The predicted octanol–water partition coefficient (Wildman–Crippen LogP) is 5.25. The van der Waals surface area contributed by atoms with Crippen LogP contribution in [0, 0.1) is 16.7 Å². The summed E-state index contributed by atoms with van der Waals surface area (Å²) in [6.45, 7) is 13.6. The summed E-state index contributed by atoms with van der Waals surface area (Å²) in [6, 6.07) is 0. The predicted molar refractivity (Wildman–Crippen MR) is 75.0 cm³/mol. The molecule has 17 heavy (non-hydrogen) atoms. The van der Waals surface area contributed by atoms with Crippen molar-refractivity contribution in [2.24, 2.45) is 16.7 Å². The molecule has 0 saturated carbocycles. The first kappa shape index (κ1) is 14.3. The minimum absolute atomic E-state index is 0.193. The Kier molecular flexibility index (Phi) is 4.11. The lowest BCUT2D eigenvalue weighted by Crippen LogP contribution is -2.28. The first-order valence-electron chi connectivity index (χ1n) is 6.71. The highest BCUT2D eigenvalue weighted by molar-refractivity contribution is 5.31. The van der Waals surface area contributed by atoms with Crippen LogP contribution in [-0.4, -0.2) is 5.11 Å². The van der Waals surface area contributed by atoms with Gasteiger partial charge in [0.1, 0.15) is 5.76 Å². The molecule has 0 aromatic heterocycles. The summed E-state index contributed by atoms with van der Waals surface area (Å²) < 4.78 is 0. The SMILES string of the molecule is CC(C)(C)CC(C1=CCCC=C1O)C(C)(C)C. The van der Waals surface area contributed by atoms with E-state index in [0.717, 1.165) is 19.3 Å². The second-order valence-corrected chi connectivity index (χ2v) is 7.51. The average molecular weight is 236 g/mol. The van der Waals surface area contributed by atoms with Gasteiger partial charge >= 0.3 is 0 Å². The highest BCUT2D eigenvalue weighted by Gasteiger charge is 2.33. The maximum atomic E-state index is 10.1. The van der Waals surface area contributed by atoms with Crippen molar-refractivity contribution in [3.05, 3.63) is 23.5 Å². The highest BCUT2D eigenvalue weighted by atomic mass is 16.3. The Morgan fingerprint density at radius 1 is 1.06 bits per heavy atom. The Labute approximate surface area is 107 Å². The normalized spacial score (nSPS) is 19.6. The smallest absolute Gasteiger partial charge is 0.114 e. The fourth-order valence-electron chi connectivity index (χ4n) is 2.50. The van der Waals surface area contributed by atoms with Gasteiger partial charge in [-0.1, -0.05) is 47.6 Å². The van der Waals surface area contributed by atoms with Gasteiger partial charge in [0.2, 0.25) is 0 Å². The Morgan fingerprint density at radius 3 is 2.00 bits per heavy atom. The Hall–Kier alpha value is -0.720. The van der Waals surface area contributed by atoms with E-state index in [1.807, 2.05) is 6.08 Å². The quantitative estimate of drug-likeness (QED) is 0.694. The molecule has 1 aliphatic carbocycles. The maximum Gasteiger partial charge on any atom is 0.114 e. The van der Waals surface area contributed by atoms with Crippen molar-refractivity contribution in [1.82, 2.24) is 0 Å². The molecule has 0 aliphatic heterocycles. The standard InChI is InChI=1S/C16H28O/c1-15(2,3)11-13(16(4,5)6)12-9-7-8-10-14(12)17/h9-10,13,17H,7-8,11H2,1-6H3. The fraction of sp³-hybridized carbons (Fsp3) is 0.750. The van der Waals surface area contributed by atoms with E-state index in [-0.39, 0.29) is 10.8 Å². The number of rotatable bonds is 2. The Balaban J connectivity index is 2.99. The second-order valence-electron chi connectivity index (χ2n) is 7.51. The van der Waals surface area contributed by atoms with Crippen molar-refractivity contribution in [3.63, 3.8) is 0 Å². The van der Waals surface area contributed by atoms with Gasteiger partial charge in [0.15, 0.2) is 0 Å². The molecule has 1 unspecified atom stereocenters. The van der Waals surface area contributed by atoms with Crippen molar-refractivity contribution >= 4 is 0 Å². The first-order valence-corrected chi connectivity index (χ1v) is 6.71. The molecule has 0 saturated heterocycles. The van der Waals surface area contributed by atoms with Gasteiger partial charge in [-0.25, -0.2) is 0 Å². The van der Waals surface area contributed by atoms with Crippen molar-refractivity contribution in [2.45, 2.75) is 60.8 Å². The lowest BCUT2D eigenvalue weighted by Gasteiger charge is -2.38. The third-order valence-corrected chi connectivity index (χ3v) is 3.40. The van der Waals surface area contributed by atoms with Crippen LogP contribution in [0.4, 0.5) is 0 Å². The van der Waals surface area contributed by atoms with Gasteiger partial charge in [-0.05, 0) is 47.7 Å². The molecule has 0 bridgehead atoms. The first-order chi connectivity index (χ1) is 7.61. The van der Waals surface area contributed by atoms with E-state index in [4.69, 9.17) is 0 Å². The molecule has 98 valence electrons. The molecule has 0 heterocycles. The summed E-state index contributed by atoms with van der Waals surface area (Å²) in [5.74, 6) is 0.944. The lowest BCUT2D eigenvalue weighted by atomic mass is 9.67. The zero-order valence-electron chi connectivity index (χ0n) is 12.3. The van der Waals surface area contributed by atoms with Crippen LogP contribution in [0.2, 0.25) is 0 Å². The van der Waals surface area contributed by atoms with Gasteiger partial charge in [0.25, 0.3) is 0 Å². The lowest BCUT2D eigenvalue weighted by molar-refractivity contribution is 0.189. The van der Waals surface area contributed by atoms with E-state index >= 15 is 0 Å². The monoisotopic (exact) mass is 236 g/mol. The number of aliphatic hydroxyl groups excluding tert-OH is 1. The maximum absolute atomic E-state index is 10.1. The van der Waals surface area contributed by atoms with Gasteiger partial charge in [0, 0.05) is 0 Å². The fourth-order valence-corrected chi connectivity index (χ4v) is 2.50. The van der Waals surface area contributed by atoms with E-state index < -0.39 is 0 Å². The van der Waals surface area contributed by atoms with Crippen LogP contribution in [0.25, 0.3) is 0 Å². The third kappa shape index (κ3) is 4.22. The summed E-state index contributed by atoms with van der Waals surface area (Å²) in [7, 11) is 0. The average Bonchev–Trinajstić information content (AvgIpc) is 2.12. The van der Waals surface area contributed by atoms with Crippen molar-refractivity contribution in [2.75, 3.05) is 0 Å². The molecule has 0 radical (unpaired) electrons. The van der Waals surface area contributed by atoms with Crippen LogP contribution in [0.1, 0.15) is 60.8 Å². The molecule has 0 spiro atoms. The summed E-state index contributed by atoms with van der Waals surface area (Å²) in [5, 5.41) is 10.1. The summed E-state index contributed by atoms with van der Waals surface area (Å²) in [6.07, 6.45) is 7.35. The molecule has 1 N–H and O–H groups in total. The minimum atomic E-state index is 0.193. The second kappa shape index (κ2) is 4.88. The van der Waals surface area contributed by atoms with Crippen LogP contribution in [0.3, 0.4) is 0 Å². The molecular weight excluding hydrogens is 208 g/mol.